The highest BCUT2D eigenvalue weighted by Crippen LogP contribution is 2.37. The number of hydrogen-bond acceptors (Lipinski definition) is 6. The van der Waals surface area contributed by atoms with Crippen LogP contribution in [0, 0.1) is 16.7 Å². The minimum atomic E-state index is -0.613. The summed E-state index contributed by atoms with van der Waals surface area (Å²) >= 11 is 0. The van der Waals surface area contributed by atoms with Crippen molar-refractivity contribution in [2.24, 2.45) is 5.41 Å². The zero-order valence-electron chi connectivity index (χ0n) is 19.5. The number of hydrogen-bond donors (Lipinski definition) is 1. The number of rotatable bonds is 8. The molecule has 1 N–H and O–H groups in total. The maximum atomic E-state index is 9.41. The van der Waals surface area contributed by atoms with Gasteiger partial charge in [-0.05, 0) is 56.8 Å². The Balaban J connectivity index is 1.69. The van der Waals surface area contributed by atoms with Crippen LogP contribution < -0.4 is 10.1 Å². The molecule has 4 rings (SSSR count). The van der Waals surface area contributed by atoms with Gasteiger partial charge in [0.25, 0.3) is 0 Å². The van der Waals surface area contributed by atoms with Gasteiger partial charge in [0.1, 0.15) is 29.9 Å². The summed E-state index contributed by atoms with van der Waals surface area (Å²) in [4.78, 5) is 8.96. The van der Waals surface area contributed by atoms with Crippen molar-refractivity contribution in [3.8, 4) is 11.8 Å². The number of nitriles is 1. The van der Waals surface area contributed by atoms with E-state index in [9.17, 15) is 5.26 Å². The predicted molar refractivity (Wildman–Crippen MR) is 132 cm³/mol. The topological polar surface area (TPSA) is 85.0 Å². The van der Waals surface area contributed by atoms with Gasteiger partial charge in [-0.1, -0.05) is 6.92 Å². The first-order chi connectivity index (χ1) is 15.3. The first kappa shape index (κ1) is 22.8. The Morgan fingerprint density at radius 3 is 2.75 bits per heavy atom. The number of nitrogens with zero attached hydrogens (tertiary/aromatic N) is 4. The molecule has 32 heavy (non-hydrogen) atoms. The summed E-state index contributed by atoms with van der Waals surface area (Å²) in [6.45, 7) is 6.08. The maximum Gasteiger partial charge on any atom is 0.146 e. The van der Waals surface area contributed by atoms with Gasteiger partial charge in [0.2, 0.25) is 0 Å². The van der Waals surface area contributed by atoms with Crippen molar-refractivity contribution in [1.82, 2.24) is 19.9 Å². The second-order valence-electron chi connectivity index (χ2n) is 9.82. The van der Waals surface area contributed by atoms with Crippen molar-refractivity contribution in [3.05, 3.63) is 30.2 Å². The average Bonchev–Trinajstić information content (AvgIpc) is 3.08. The van der Waals surface area contributed by atoms with Gasteiger partial charge in [0.15, 0.2) is 0 Å². The van der Waals surface area contributed by atoms with Crippen molar-refractivity contribution in [3.63, 3.8) is 0 Å². The molecule has 1 aliphatic rings. The molecule has 3 aromatic heterocycles. The molecule has 0 aliphatic carbocycles. The van der Waals surface area contributed by atoms with Gasteiger partial charge in [-0.3, -0.25) is 4.57 Å². The van der Waals surface area contributed by atoms with E-state index in [0.29, 0.717) is 25.6 Å². The molecule has 0 spiro atoms. The maximum absolute atomic E-state index is 9.41. The van der Waals surface area contributed by atoms with Crippen LogP contribution in [0.1, 0.15) is 25.5 Å². The summed E-state index contributed by atoms with van der Waals surface area (Å²) in [5, 5.41) is 14.7. The molecule has 1 fully saturated rings. The van der Waals surface area contributed by atoms with Crippen molar-refractivity contribution in [2.75, 3.05) is 50.8 Å². The van der Waals surface area contributed by atoms with E-state index in [1.54, 1.807) is 12.4 Å². The second kappa shape index (κ2) is 9.26. The largest absolute Gasteiger partial charge is 0.492 e. The zero-order chi connectivity index (χ0) is 22.8. The summed E-state index contributed by atoms with van der Waals surface area (Å²) in [5.41, 5.74) is 2.23. The fourth-order valence-corrected chi connectivity index (χ4v) is 4.69. The number of fused-ring (bicyclic) bond motifs is 3. The Kier molecular flexibility index (Phi) is 6.61. The van der Waals surface area contributed by atoms with Crippen LogP contribution >= 0.6 is 10.0 Å². The van der Waals surface area contributed by atoms with Gasteiger partial charge in [-0.25, -0.2) is 20.0 Å². The third kappa shape index (κ3) is 5.01. The van der Waals surface area contributed by atoms with E-state index in [0.717, 1.165) is 59.4 Å². The average molecular weight is 456 g/mol. The van der Waals surface area contributed by atoms with E-state index in [1.807, 2.05) is 16.7 Å². The van der Waals surface area contributed by atoms with Crippen LogP contribution in [0.2, 0.25) is 0 Å². The highest BCUT2D eigenvalue weighted by molar-refractivity contribution is 8.32. The summed E-state index contributed by atoms with van der Waals surface area (Å²) in [6.07, 6.45) is 12.6. The fraction of sp³-hybridized carbons (Fsp3) is 0.542. The van der Waals surface area contributed by atoms with Crippen molar-refractivity contribution in [2.45, 2.75) is 26.5 Å². The Morgan fingerprint density at radius 2 is 2.03 bits per heavy atom. The molecular formula is C24H33N5O2S. The molecule has 3 aromatic rings. The first-order valence-corrected chi connectivity index (χ1v) is 14.1. The Bertz CT molecular complexity index is 1140. The van der Waals surface area contributed by atoms with Gasteiger partial charge >= 0.3 is 0 Å². The van der Waals surface area contributed by atoms with Crippen LogP contribution in [-0.4, -0.2) is 65.4 Å². The van der Waals surface area contributed by atoms with Crippen LogP contribution in [0.25, 0.3) is 21.9 Å². The number of nitrogens with one attached hydrogen (secondary N) is 1. The highest BCUT2D eigenvalue weighted by Gasteiger charge is 2.28. The van der Waals surface area contributed by atoms with E-state index in [-0.39, 0.29) is 5.41 Å². The Morgan fingerprint density at radius 1 is 1.25 bits per heavy atom. The van der Waals surface area contributed by atoms with E-state index < -0.39 is 10.0 Å². The van der Waals surface area contributed by atoms with Crippen molar-refractivity contribution in [1.29, 1.82) is 5.26 Å². The molecule has 0 aromatic carbocycles. The van der Waals surface area contributed by atoms with Gasteiger partial charge < -0.3 is 14.8 Å². The van der Waals surface area contributed by atoms with Gasteiger partial charge in [0.05, 0.1) is 30.3 Å². The highest BCUT2D eigenvalue weighted by atomic mass is 32.3. The monoisotopic (exact) mass is 455 g/mol. The van der Waals surface area contributed by atoms with Crippen LogP contribution in [0.5, 0.6) is 5.75 Å². The van der Waals surface area contributed by atoms with E-state index in [4.69, 9.17) is 9.47 Å². The van der Waals surface area contributed by atoms with Crippen molar-refractivity contribution < 1.29 is 9.47 Å². The molecule has 0 atom stereocenters. The number of pyridine rings is 2. The zero-order valence-corrected chi connectivity index (χ0v) is 20.3. The number of piperidine rings is 1. The molecule has 1 aliphatic heterocycles. The van der Waals surface area contributed by atoms with Crippen LogP contribution in [0.15, 0.2) is 24.5 Å². The number of aromatic nitrogens is 3. The van der Waals surface area contributed by atoms with Gasteiger partial charge in [-0.2, -0.15) is 5.26 Å². The lowest BCUT2D eigenvalue weighted by atomic mass is 9.82. The molecule has 0 bridgehead atoms. The molecule has 0 saturated carbocycles. The summed E-state index contributed by atoms with van der Waals surface area (Å²) in [6, 6.07) is 5.91. The lowest BCUT2D eigenvalue weighted by Crippen LogP contribution is -2.38. The predicted octanol–water partition coefficient (Wildman–Crippen LogP) is 3.89. The van der Waals surface area contributed by atoms with E-state index >= 15 is 0 Å². The molecule has 7 nitrogen and oxygen atoms in total. The second-order valence-corrected chi connectivity index (χ2v) is 14.4. The lowest BCUT2D eigenvalue weighted by molar-refractivity contribution is 0.0950. The van der Waals surface area contributed by atoms with Crippen LogP contribution in [0.3, 0.4) is 0 Å². The Hall–Kier alpha value is -2.34. The first-order valence-electron chi connectivity index (χ1n) is 11.0. The van der Waals surface area contributed by atoms with Crippen molar-refractivity contribution >= 4 is 32.0 Å². The Labute approximate surface area is 191 Å². The van der Waals surface area contributed by atoms with Gasteiger partial charge in [0, 0.05) is 22.8 Å². The van der Waals surface area contributed by atoms with Crippen LogP contribution in [0.4, 0.5) is 0 Å². The molecule has 0 radical (unpaired) electrons. The summed E-state index contributed by atoms with van der Waals surface area (Å²) in [5.74, 6) is 1.85. The summed E-state index contributed by atoms with van der Waals surface area (Å²) < 4.78 is 14.5. The molecule has 8 heteroatoms. The smallest absolute Gasteiger partial charge is 0.146 e. The molecule has 0 amide bonds. The minimum Gasteiger partial charge on any atom is -0.492 e. The quantitative estimate of drug-likeness (QED) is 0.519. The van der Waals surface area contributed by atoms with E-state index in [1.165, 1.54) is 0 Å². The van der Waals surface area contributed by atoms with Gasteiger partial charge in [-0.15, -0.1) is 0 Å². The molecular weight excluding hydrogens is 422 g/mol. The fourth-order valence-electron chi connectivity index (χ4n) is 4.07. The minimum absolute atomic E-state index is 0.150. The molecule has 4 heterocycles. The molecule has 1 saturated heterocycles. The SMILES string of the molecule is CC1(COc2ccnc3c2c2cc(C#N)ncc2n3COCCS(C)(C)C)CCNCC1. The summed E-state index contributed by atoms with van der Waals surface area (Å²) in [7, 11) is -0.613. The molecule has 0 unspecified atom stereocenters. The third-order valence-corrected chi connectivity index (χ3v) is 7.54. The molecule has 172 valence electrons. The normalized spacial score (nSPS) is 16.8. The standard InChI is InChI=1S/C24H33N5O2S/c1-24(6-9-26-10-7-24)16-31-21-5-8-27-23-22(21)19-13-18(14-25)28-15-20(19)29(23)17-30-11-12-32(2,3)4/h5,8,13,15,26H,6-7,9-12,16-17H2,1-4H3. The van der Waals surface area contributed by atoms with Crippen LogP contribution in [-0.2, 0) is 11.5 Å². The number of ether oxygens (including phenoxy) is 2. The van der Waals surface area contributed by atoms with E-state index in [2.05, 4.69) is 47.0 Å². The third-order valence-electron chi connectivity index (χ3n) is 6.15. The lowest BCUT2D eigenvalue weighted by Gasteiger charge is -2.33.